The van der Waals surface area contributed by atoms with Gasteiger partial charge in [0, 0.05) is 53.2 Å². The number of anilines is 2. The molecule has 11 nitrogen and oxygen atoms in total. The second-order valence-electron chi connectivity index (χ2n) is 10.5. The van der Waals surface area contributed by atoms with Crippen LogP contribution in [0.5, 0.6) is 11.5 Å². The fourth-order valence-electron chi connectivity index (χ4n) is 4.22. The number of nitrogens with zero attached hydrogens (tertiary/aromatic N) is 4. The van der Waals surface area contributed by atoms with Gasteiger partial charge in [-0.3, -0.25) is 10.2 Å². The molecule has 2 aromatic carbocycles. The van der Waals surface area contributed by atoms with Gasteiger partial charge in [0.1, 0.15) is 23.7 Å². The van der Waals surface area contributed by atoms with Crippen LogP contribution in [0.15, 0.2) is 63.2 Å². The first-order valence-corrected chi connectivity index (χ1v) is 14.2. The first-order chi connectivity index (χ1) is 19.8. The summed E-state index contributed by atoms with van der Waals surface area (Å²) in [6, 6.07) is 12.6. The summed E-state index contributed by atoms with van der Waals surface area (Å²) in [7, 11) is 1.62. The number of benzene rings is 2. The van der Waals surface area contributed by atoms with Crippen LogP contribution in [0.4, 0.5) is 16.3 Å². The molecule has 0 bridgehead atoms. The van der Waals surface area contributed by atoms with Gasteiger partial charge in [0.15, 0.2) is 17.3 Å². The Kier molecular flexibility index (Phi) is 8.91. The van der Waals surface area contributed by atoms with Gasteiger partial charge < -0.3 is 24.1 Å². The number of amides is 2. The summed E-state index contributed by atoms with van der Waals surface area (Å²) in [5.41, 5.74) is 1.16. The van der Waals surface area contributed by atoms with Crippen molar-refractivity contribution in [1.82, 2.24) is 20.0 Å². The number of rotatable bonds is 9. The second kappa shape index (κ2) is 12.8. The van der Waals surface area contributed by atoms with Crippen LogP contribution in [0.25, 0.3) is 10.9 Å². The molecule has 3 heterocycles. The first-order valence-electron chi connectivity index (χ1n) is 13.4. The summed E-state index contributed by atoms with van der Waals surface area (Å²) < 4.78 is 22.5. The molecule has 1 fully saturated rings. The molecule has 2 N–H and O–H groups in total. The molecule has 216 valence electrons. The molecule has 5 rings (SSSR count). The molecule has 0 spiro atoms. The van der Waals surface area contributed by atoms with Crippen molar-refractivity contribution in [1.29, 1.82) is 0 Å². The van der Waals surface area contributed by atoms with Crippen LogP contribution >= 0.6 is 11.8 Å². The quantitative estimate of drug-likeness (QED) is 0.249. The fourth-order valence-corrected chi connectivity index (χ4v) is 5.15. The Morgan fingerprint density at radius 3 is 2.66 bits per heavy atom. The molecular formula is C29H34N6O5S. The van der Waals surface area contributed by atoms with Crippen LogP contribution in [0.1, 0.15) is 26.5 Å². The van der Waals surface area contributed by atoms with Gasteiger partial charge in [-0.2, -0.15) is 0 Å². The summed E-state index contributed by atoms with van der Waals surface area (Å²) in [4.78, 5) is 24.8. The lowest BCUT2D eigenvalue weighted by atomic mass is 9.93. The van der Waals surface area contributed by atoms with Gasteiger partial charge in [-0.15, -0.1) is 0 Å². The van der Waals surface area contributed by atoms with Gasteiger partial charge in [0.25, 0.3) is 0 Å². The molecule has 0 unspecified atom stereocenters. The number of hydrogen-bond donors (Lipinski definition) is 2. The van der Waals surface area contributed by atoms with Gasteiger partial charge in [0.05, 0.1) is 25.8 Å². The summed E-state index contributed by atoms with van der Waals surface area (Å²) in [6.45, 7) is 10.7. The smallest absolute Gasteiger partial charge is 0.324 e. The number of methoxy groups -OCH3 is 1. The average molecular weight is 579 g/mol. The van der Waals surface area contributed by atoms with Gasteiger partial charge in [-0.25, -0.2) is 14.8 Å². The number of morpholine rings is 1. The Morgan fingerprint density at radius 1 is 1.07 bits per heavy atom. The summed E-state index contributed by atoms with van der Waals surface area (Å²) >= 11 is 1.47. The van der Waals surface area contributed by atoms with E-state index in [2.05, 4.69) is 30.7 Å². The maximum Gasteiger partial charge on any atom is 0.324 e. The first kappa shape index (κ1) is 28.7. The number of ether oxygens (including phenoxy) is 3. The predicted octanol–water partition coefficient (Wildman–Crippen LogP) is 5.43. The molecule has 1 saturated heterocycles. The standard InChI is InChI=1S/C29H34N6O5S/c1-29(2,3)25-17-26(34-40-25)33-28(36)32-19-6-5-7-20(14-19)41-27-21-15-24(23(37-4)16-22(21)30-18-31-27)39-13-10-35-8-11-38-12-9-35/h5-7,14-18H,8-13H2,1-4H3,(H2,32,33,34,36). The molecule has 1 aliphatic rings. The molecule has 12 heteroatoms. The minimum Gasteiger partial charge on any atom is -0.493 e. The predicted molar refractivity (Wildman–Crippen MR) is 157 cm³/mol. The third kappa shape index (κ3) is 7.46. The number of fused-ring (bicyclic) bond motifs is 1. The molecule has 0 aliphatic carbocycles. The van der Waals surface area contributed by atoms with Crippen LogP contribution in [0.3, 0.4) is 0 Å². The normalized spacial score (nSPS) is 14.1. The Bertz CT molecular complexity index is 1500. The average Bonchev–Trinajstić information content (AvgIpc) is 3.43. The van der Waals surface area contributed by atoms with Gasteiger partial charge in [-0.1, -0.05) is 43.8 Å². The van der Waals surface area contributed by atoms with Gasteiger partial charge in [0.2, 0.25) is 0 Å². The summed E-state index contributed by atoms with van der Waals surface area (Å²) in [6.07, 6.45) is 1.53. The van der Waals surface area contributed by atoms with Crippen LogP contribution < -0.4 is 20.1 Å². The van der Waals surface area contributed by atoms with Crippen molar-refractivity contribution in [2.45, 2.75) is 36.1 Å². The van der Waals surface area contributed by atoms with Gasteiger partial charge in [-0.05, 0) is 24.3 Å². The van der Waals surface area contributed by atoms with Crippen molar-refractivity contribution in [3.63, 3.8) is 0 Å². The van der Waals surface area contributed by atoms with E-state index in [1.807, 2.05) is 57.2 Å². The fraction of sp³-hybridized carbons (Fsp3) is 0.379. The lowest BCUT2D eigenvalue weighted by molar-refractivity contribution is 0.0321. The maximum absolute atomic E-state index is 12.6. The molecule has 0 saturated carbocycles. The Balaban J connectivity index is 1.27. The summed E-state index contributed by atoms with van der Waals surface area (Å²) in [5.74, 6) is 2.29. The summed E-state index contributed by atoms with van der Waals surface area (Å²) in [5, 5.41) is 11.1. The van der Waals surface area contributed by atoms with Crippen LogP contribution in [-0.2, 0) is 10.2 Å². The Labute approximate surface area is 242 Å². The van der Waals surface area contributed by atoms with E-state index in [0.29, 0.717) is 35.4 Å². The van der Waals surface area contributed by atoms with Crippen molar-refractivity contribution in [2.75, 3.05) is 57.2 Å². The maximum atomic E-state index is 12.6. The molecule has 4 aromatic rings. The molecule has 2 amide bonds. The van der Waals surface area contributed by atoms with Crippen molar-refractivity contribution in [3.8, 4) is 11.5 Å². The zero-order valence-corrected chi connectivity index (χ0v) is 24.4. The lowest BCUT2D eigenvalue weighted by Gasteiger charge is -2.26. The SMILES string of the molecule is COc1cc2ncnc(Sc3cccc(NC(=O)Nc4cc(C(C)(C)C)on4)c3)c2cc1OCCN1CCOCC1. The topological polar surface area (TPSA) is 124 Å². The lowest BCUT2D eigenvalue weighted by Crippen LogP contribution is -2.38. The monoisotopic (exact) mass is 578 g/mol. The number of nitrogens with one attached hydrogen (secondary N) is 2. The van der Waals surface area contributed by atoms with Crippen molar-refractivity contribution < 1.29 is 23.5 Å². The van der Waals surface area contributed by atoms with Crippen LogP contribution in [-0.4, -0.2) is 72.6 Å². The van der Waals surface area contributed by atoms with E-state index in [0.717, 1.165) is 53.7 Å². The van der Waals surface area contributed by atoms with Crippen molar-refractivity contribution in [3.05, 3.63) is 54.6 Å². The molecule has 2 aromatic heterocycles. The van der Waals surface area contributed by atoms with E-state index in [9.17, 15) is 4.79 Å². The second-order valence-corrected chi connectivity index (χ2v) is 11.6. The Hall–Kier alpha value is -3.87. The van der Waals surface area contributed by atoms with Crippen LogP contribution in [0.2, 0.25) is 0 Å². The zero-order chi connectivity index (χ0) is 28.8. The number of urea groups is 1. The number of aromatic nitrogens is 3. The number of hydrogen-bond acceptors (Lipinski definition) is 10. The molecule has 0 radical (unpaired) electrons. The number of carbonyl (C=O) groups excluding carboxylic acids is 1. The van der Waals surface area contributed by atoms with Crippen molar-refractivity contribution >= 4 is 40.2 Å². The Morgan fingerprint density at radius 2 is 1.90 bits per heavy atom. The van der Waals surface area contributed by atoms with E-state index in [1.165, 1.54) is 18.1 Å². The van der Waals surface area contributed by atoms with E-state index in [1.54, 1.807) is 13.2 Å². The third-order valence-corrected chi connectivity index (χ3v) is 7.46. The highest BCUT2D eigenvalue weighted by atomic mass is 32.2. The molecule has 41 heavy (non-hydrogen) atoms. The zero-order valence-electron chi connectivity index (χ0n) is 23.6. The molecular weight excluding hydrogens is 544 g/mol. The minimum atomic E-state index is -0.417. The highest BCUT2D eigenvalue weighted by molar-refractivity contribution is 7.99. The van der Waals surface area contributed by atoms with E-state index < -0.39 is 6.03 Å². The highest BCUT2D eigenvalue weighted by Gasteiger charge is 2.20. The van der Waals surface area contributed by atoms with Crippen molar-refractivity contribution in [2.24, 2.45) is 0 Å². The van der Waals surface area contributed by atoms with Gasteiger partial charge >= 0.3 is 6.03 Å². The van der Waals surface area contributed by atoms with E-state index in [-0.39, 0.29) is 5.41 Å². The van der Waals surface area contributed by atoms with E-state index >= 15 is 0 Å². The van der Waals surface area contributed by atoms with E-state index in [4.69, 9.17) is 18.7 Å². The van der Waals surface area contributed by atoms with Crippen LogP contribution in [0, 0.1) is 0 Å². The molecule has 1 aliphatic heterocycles. The third-order valence-electron chi connectivity index (χ3n) is 6.45. The minimum absolute atomic E-state index is 0.207. The highest BCUT2D eigenvalue weighted by Crippen LogP contribution is 2.38. The largest absolute Gasteiger partial charge is 0.493 e. The number of carbonyl (C=O) groups is 1. The molecule has 0 atom stereocenters.